The smallest absolute Gasteiger partial charge is 0.271 e. The first-order chi connectivity index (χ1) is 9.06. The van der Waals surface area contributed by atoms with Crippen LogP contribution in [0.2, 0.25) is 0 Å². The van der Waals surface area contributed by atoms with Gasteiger partial charge in [-0.15, -0.1) is 0 Å². The molecule has 1 N–H and O–H groups in total. The van der Waals surface area contributed by atoms with Gasteiger partial charge >= 0.3 is 0 Å². The molecule has 0 atom stereocenters. The van der Waals surface area contributed by atoms with Crippen LogP contribution in [0.25, 0.3) is 0 Å². The van der Waals surface area contributed by atoms with Gasteiger partial charge in [0.15, 0.2) is 0 Å². The topological polar surface area (TPSA) is 55.2 Å². The molecule has 0 saturated carbocycles. The molecule has 0 unspecified atom stereocenters. The lowest BCUT2D eigenvalue weighted by atomic mass is 10.1. The number of rotatable bonds is 4. The minimum Gasteiger partial charge on any atom is -0.381 e. The Bertz CT molecular complexity index is 614. The molecular formula is C14H13BrN2O2. The summed E-state index contributed by atoms with van der Waals surface area (Å²) in [5.41, 5.74) is 3.13. The molecule has 4 nitrogen and oxygen atoms in total. The van der Waals surface area contributed by atoms with E-state index in [1.54, 1.807) is 6.07 Å². The van der Waals surface area contributed by atoms with Crippen LogP contribution in [0.4, 0.5) is 11.4 Å². The molecule has 19 heavy (non-hydrogen) atoms. The molecule has 0 heterocycles. The van der Waals surface area contributed by atoms with Gasteiger partial charge in [-0.05, 0) is 30.2 Å². The number of anilines is 1. The Balaban J connectivity index is 2.07. The minimum absolute atomic E-state index is 0.0927. The molecule has 0 aliphatic carbocycles. The summed E-state index contributed by atoms with van der Waals surface area (Å²) >= 11 is 3.49. The maximum Gasteiger partial charge on any atom is 0.271 e. The van der Waals surface area contributed by atoms with Gasteiger partial charge in [0.2, 0.25) is 0 Å². The molecule has 0 radical (unpaired) electrons. The normalized spacial score (nSPS) is 10.2. The number of nitro benzene ring substituents is 1. The summed E-state index contributed by atoms with van der Waals surface area (Å²) in [7, 11) is 0. The van der Waals surface area contributed by atoms with E-state index in [4.69, 9.17) is 0 Å². The third-order valence-corrected chi connectivity index (χ3v) is 3.64. The van der Waals surface area contributed by atoms with E-state index in [1.807, 2.05) is 31.2 Å². The van der Waals surface area contributed by atoms with Crippen molar-refractivity contribution in [3.05, 3.63) is 68.2 Å². The molecule has 0 amide bonds. The fraction of sp³-hybridized carbons (Fsp3) is 0.143. The third kappa shape index (κ3) is 3.54. The second kappa shape index (κ2) is 5.84. The van der Waals surface area contributed by atoms with Crippen LogP contribution in [-0.4, -0.2) is 4.92 Å². The molecule has 5 heteroatoms. The molecule has 98 valence electrons. The van der Waals surface area contributed by atoms with Crippen LogP contribution in [0.15, 0.2) is 46.9 Å². The van der Waals surface area contributed by atoms with Crippen molar-refractivity contribution < 1.29 is 4.92 Å². The second-order valence-corrected chi connectivity index (χ2v) is 5.10. The number of nitrogens with one attached hydrogen (secondary N) is 1. The summed E-state index contributed by atoms with van der Waals surface area (Å²) in [5.74, 6) is 0. The van der Waals surface area contributed by atoms with E-state index >= 15 is 0 Å². The number of hydrogen-bond donors (Lipinski definition) is 1. The SMILES string of the molecule is Cc1ccc(CNc2cccc([N+](=O)[O-])c2)cc1Br. The van der Waals surface area contributed by atoms with E-state index in [1.165, 1.54) is 17.7 Å². The van der Waals surface area contributed by atoms with Gasteiger partial charge in [0.1, 0.15) is 0 Å². The molecule has 0 aliphatic rings. The monoisotopic (exact) mass is 320 g/mol. The lowest BCUT2D eigenvalue weighted by molar-refractivity contribution is -0.384. The number of nitrogens with zero attached hydrogens (tertiary/aromatic N) is 1. The van der Waals surface area contributed by atoms with Crippen LogP contribution in [0.1, 0.15) is 11.1 Å². The molecule has 2 aromatic carbocycles. The molecular weight excluding hydrogens is 308 g/mol. The standard InChI is InChI=1S/C14H13BrN2O2/c1-10-5-6-11(7-14(10)15)9-16-12-3-2-4-13(8-12)17(18)19/h2-8,16H,9H2,1H3. The number of nitro groups is 1. The van der Waals surface area contributed by atoms with Crippen molar-refractivity contribution in [1.29, 1.82) is 0 Å². The van der Waals surface area contributed by atoms with Crippen molar-refractivity contribution in [3.63, 3.8) is 0 Å². The van der Waals surface area contributed by atoms with E-state index in [-0.39, 0.29) is 5.69 Å². The highest BCUT2D eigenvalue weighted by Gasteiger charge is 2.05. The summed E-state index contributed by atoms with van der Waals surface area (Å²) in [6.07, 6.45) is 0. The zero-order valence-corrected chi connectivity index (χ0v) is 12.0. The predicted molar refractivity (Wildman–Crippen MR) is 79.3 cm³/mol. The van der Waals surface area contributed by atoms with Crippen LogP contribution in [0.5, 0.6) is 0 Å². The minimum atomic E-state index is -0.395. The van der Waals surface area contributed by atoms with Crippen molar-refractivity contribution in [1.82, 2.24) is 0 Å². The highest BCUT2D eigenvalue weighted by atomic mass is 79.9. The average Bonchev–Trinajstić information content (AvgIpc) is 2.40. The maximum absolute atomic E-state index is 10.7. The second-order valence-electron chi connectivity index (χ2n) is 4.24. The van der Waals surface area contributed by atoms with Gasteiger partial charge in [0.25, 0.3) is 5.69 Å². The molecule has 0 aliphatic heterocycles. The molecule has 2 aromatic rings. The zero-order valence-electron chi connectivity index (χ0n) is 10.4. The predicted octanol–water partition coefficient (Wildman–Crippen LogP) is 4.28. The molecule has 0 saturated heterocycles. The molecule has 2 rings (SSSR count). The van der Waals surface area contributed by atoms with Crippen molar-refractivity contribution in [2.75, 3.05) is 5.32 Å². The van der Waals surface area contributed by atoms with Crippen LogP contribution < -0.4 is 5.32 Å². The molecule has 0 aromatic heterocycles. The van der Waals surface area contributed by atoms with E-state index in [0.29, 0.717) is 6.54 Å². The van der Waals surface area contributed by atoms with E-state index < -0.39 is 4.92 Å². The van der Waals surface area contributed by atoms with Gasteiger partial charge in [-0.2, -0.15) is 0 Å². The summed E-state index contributed by atoms with van der Waals surface area (Å²) in [5, 5.41) is 13.9. The highest BCUT2D eigenvalue weighted by molar-refractivity contribution is 9.10. The van der Waals surface area contributed by atoms with Gasteiger partial charge in [-0.25, -0.2) is 0 Å². The Kier molecular flexibility index (Phi) is 4.16. The largest absolute Gasteiger partial charge is 0.381 e. The Morgan fingerprint density at radius 2 is 2.05 bits per heavy atom. The van der Waals surface area contributed by atoms with Crippen molar-refractivity contribution >= 4 is 27.3 Å². The van der Waals surface area contributed by atoms with Crippen molar-refractivity contribution in [2.45, 2.75) is 13.5 Å². The first kappa shape index (κ1) is 13.5. The Hall–Kier alpha value is -1.88. The number of hydrogen-bond acceptors (Lipinski definition) is 3. The number of non-ortho nitro benzene ring substituents is 1. The van der Waals surface area contributed by atoms with E-state index in [2.05, 4.69) is 21.2 Å². The van der Waals surface area contributed by atoms with Gasteiger partial charge in [0.05, 0.1) is 4.92 Å². The maximum atomic E-state index is 10.7. The quantitative estimate of drug-likeness (QED) is 0.675. The van der Waals surface area contributed by atoms with Crippen LogP contribution in [0, 0.1) is 17.0 Å². The average molecular weight is 321 g/mol. The van der Waals surface area contributed by atoms with Crippen molar-refractivity contribution in [3.8, 4) is 0 Å². The van der Waals surface area contributed by atoms with Crippen LogP contribution in [0.3, 0.4) is 0 Å². The summed E-state index contributed by atoms with van der Waals surface area (Å²) in [4.78, 5) is 10.3. The fourth-order valence-electron chi connectivity index (χ4n) is 1.68. The number of benzene rings is 2. The molecule has 0 bridgehead atoms. The third-order valence-electron chi connectivity index (χ3n) is 2.79. The van der Waals surface area contributed by atoms with Crippen molar-refractivity contribution in [2.24, 2.45) is 0 Å². The van der Waals surface area contributed by atoms with E-state index in [0.717, 1.165) is 15.7 Å². The Labute approximate surface area is 119 Å². The van der Waals surface area contributed by atoms with Crippen LogP contribution >= 0.6 is 15.9 Å². The summed E-state index contributed by atoms with van der Waals surface area (Å²) < 4.78 is 1.06. The lowest BCUT2D eigenvalue weighted by Gasteiger charge is -2.07. The number of aryl methyl sites for hydroxylation is 1. The lowest BCUT2D eigenvalue weighted by Crippen LogP contribution is -2.00. The van der Waals surface area contributed by atoms with Gasteiger partial charge in [-0.1, -0.05) is 34.1 Å². The van der Waals surface area contributed by atoms with Gasteiger partial charge in [0, 0.05) is 28.8 Å². The molecule has 0 fully saturated rings. The highest BCUT2D eigenvalue weighted by Crippen LogP contribution is 2.20. The first-order valence-electron chi connectivity index (χ1n) is 5.79. The van der Waals surface area contributed by atoms with Gasteiger partial charge in [-0.3, -0.25) is 10.1 Å². The van der Waals surface area contributed by atoms with Gasteiger partial charge < -0.3 is 5.32 Å². The Morgan fingerprint density at radius 1 is 1.26 bits per heavy atom. The Morgan fingerprint density at radius 3 is 2.74 bits per heavy atom. The van der Waals surface area contributed by atoms with E-state index in [9.17, 15) is 10.1 Å². The first-order valence-corrected chi connectivity index (χ1v) is 6.59. The zero-order chi connectivity index (χ0) is 13.8. The number of halogens is 1. The molecule has 0 spiro atoms. The summed E-state index contributed by atoms with van der Waals surface area (Å²) in [6, 6.07) is 12.6. The fourth-order valence-corrected chi connectivity index (χ4v) is 2.11. The summed E-state index contributed by atoms with van der Waals surface area (Å²) in [6.45, 7) is 2.65. The van der Waals surface area contributed by atoms with Crippen LogP contribution in [-0.2, 0) is 6.54 Å².